The second kappa shape index (κ2) is 15.4. The van der Waals surface area contributed by atoms with Crippen LogP contribution in [0.25, 0.3) is 0 Å². The first-order valence-corrected chi connectivity index (χ1v) is 18.7. The fourth-order valence-corrected chi connectivity index (χ4v) is 9.86. The van der Waals surface area contributed by atoms with Crippen molar-refractivity contribution in [3.63, 3.8) is 0 Å². The molecule has 6 rings (SSSR count). The van der Waals surface area contributed by atoms with Gasteiger partial charge in [0.25, 0.3) is 5.69 Å². The lowest BCUT2D eigenvalue weighted by Gasteiger charge is -2.40. The molecule has 2 fully saturated rings. The van der Waals surface area contributed by atoms with E-state index in [0.717, 1.165) is 26.2 Å². The number of benzene rings is 3. The van der Waals surface area contributed by atoms with Gasteiger partial charge in [0.2, 0.25) is 0 Å². The van der Waals surface area contributed by atoms with E-state index >= 15 is 0 Å². The quantitative estimate of drug-likeness (QED) is 0.101. The number of nitro benzene ring substituents is 1. The molecular formula is C38H45N4O7P. The number of piperazine rings is 1. The van der Waals surface area contributed by atoms with Gasteiger partial charge in [-0.3, -0.25) is 24.5 Å². The SMILES string of the molecule is CC1=C(C(=O)OCCN2CCN(C(c3ccccc3)c3ccccc3)CC2)[C@H](c2cccc([N+](=O)[O-])c2)C(P2(=O)O[C@H](C)C[C@H](C)O2)=C(C)N1. The van der Waals surface area contributed by atoms with Crippen LogP contribution in [-0.4, -0.2) is 72.2 Å². The summed E-state index contributed by atoms with van der Waals surface area (Å²) in [5.41, 5.74) is 4.04. The lowest BCUT2D eigenvalue weighted by atomic mass is 9.86. The number of non-ortho nitro benzene ring substituents is 1. The highest BCUT2D eigenvalue weighted by atomic mass is 31.2. The zero-order chi connectivity index (χ0) is 35.4. The van der Waals surface area contributed by atoms with Crippen LogP contribution in [0.3, 0.4) is 0 Å². The number of hydrogen-bond acceptors (Lipinski definition) is 10. The van der Waals surface area contributed by atoms with Crippen LogP contribution in [0.2, 0.25) is 0 Å². The molecule has 3 aromatic rings. The van der Waals surface area contributed by atoms with Crippen molar-refractivity contribution in [3.8, 4) is 0 Å². The van der Waals surface area contributed by atoms with Gasteiger partial charge < -0.3 is 19.1 Å². The molecule has 3 aromatic carbocycles. The highest BCUT2D eigenvalue weighted by Crippen LogP contribution is 2.67. The number of nitrogens with one attached hydrogen (secondary N) is 1. The van der Waals surface area contributed by atoms with Crippen molar-refractivity contribution in [1.82, 2.24) is 15.1 Å². The summed E-state index contributed by atoms with van der Waals surface area (Å²) in [4.78, 5) is 30.1. The Morgan fingerprint density at radius 1 is 0.920 bits per heavy atom. The second-order valence-corrected chi connectivity index (χ2v) is 15.2. The molecule has 0 aliphatic carbocycles. The zero-order valence-corrected chi connectivity index (χ0v) is 29.9. The van der Waals surface area contributed by atoms with Crippen molar-refractivity contribution in [3.05, 3.63) is 134 Å². The van der Waals surface area contributed by atoms with Crippen LogP contribution in [0.15, 0.2) is 107 Å². The third kappa shape index (κ3) is 7.77. The summed E-state index contributed by atoms with van der Waals surface area (Å²) in [6.07, 6.45) is -0.147. The van der Waals surface area contributed by atoms with Crippen molar-refractivity contribution >= 4 is 19.3 Å². The number of nitro groups is 1. The predicted molar refractivity (Wildman–Crippen MR) is 191 cm³/mol. The Balaban J connectivity index is 1.17. The first-order chi connectivity index (χ1) is 24.0. The van der Waals surface area contributed by atoms with E-state index in [1.807, 2.05) is 26.0 Å². The third-order valence-corrected chi connectivity index (χ3v) is 12.1. The number of rotatable bonds is 10. The van der Waals surface area contributed by atoms with Crippen LogP contribution >= 0.6 is 7.60 Å². The van der Waals surface area contributed by atoms with Crippen LogP contribution in [0.1, 0.15) is 62.8 Å². The fourth-order valence-electron chi connectivity index (χ4n) is 7.40. The lowest BCUT2D eigenvalue weighted by Crippen LogP contribution is -2.48. The molecule has 0 saturated carbocycles. The van der Waals surface area contributed by atoms with Gasteiger partial charge in [0, 0.05) is 62.7 Å². The maximum atomic E-state index is 14.5. The van der Waals surface area contributed by atoms with Crippen LogP contribution in [0.5, 0.6) is 0 Å². The maximum Gasteiger partial charge on any atom is 0.360 e. The largest absolute Gasteiger partial charge is 0.461 e. The number of allylic oxidation sites excluding steroid dienone is 3. The van der Waals surface area contributed by atoms with E-state index in [4.69, 9.17) is 13.8 Å². The molecule has 3 heterocycles. The van der Waals surface area contributed by atoms with E-state index < -0.39 is 24.4 Å². The number of ether oxygens (including phenoxy) is 1. The van der Waals surface area contributed by atoms with Crippen molar-refractivity contribution in [1.29, 1.82) is 0 Å². The van der Waals surface area contributed by atoms with Crippen LogP contribution in [0.4, 0.5) is 5.69 Å². The maximum absolute atomic E-state index is 14.5. The molecule has 0 aromatic heterocycles. The molecule has 0 amide bonds. The Bertz CT molecular complexity index is 1750. The average molecular weight is 701 g/mol. The molecule has 12 heteroatoms. The number of dihydropyridines is 1. The fraction of sp³-hybridized carbons (Fsp3) is 0.395. The van der Waals surface area contributed by atoms with Gasteiger partial charge in [-0.05, 0) is 44.4 Å². The van der Waals surface area contributed by atoms with Crippen molar-refractivity contribution in [2.45, 2.75) is 58.3 Å². The monoisotopic (exact) mass is 700 g/mol. The van der Waals surface area contributed by atoms with Gasteiger partial charge in [-0.1, -0.05) is 72.8 Å². The Hall–Kier alpha value is -4.12. The summed E-state index contributed by atoms with van der Waals surface area (Å²) in [6, 6.07) is 27.3. The number of esters is 1. The highest BCUT2D eigenvalue weighted by Gasteiger charge is 2.48. The summed E-state index contributed by atoms with van der Waals surface area (Å²) in [6.45, 7) is 11.2. The number of carbonyl (C=O) groups excluding carboxylic acids is 1. The minimum absolute atomic E-state index is 0.144. The number of carbonyl (C=O) groups is 1. The number of nitrogens with zero attached hydrogens (tertiary/aromatic N) is 3. The summed E-state index contributed by atoms with van der Waals surface area (Å²) < 4.78 is 32.4. The Kier molecular flexibility index (Phi) is 11.0. The molecule has 0 bridgehead atoms. The van der Waals surface area contributed by atoms with Crippen molar-refractivity contribution in [2.24, 2.45) is 0 Å². The Morgan fingerprint density at radius 3 is 2.10 bits per heavy atom. The van der Waals surface area contributed by atoms with Gasteiger partial charge in [-0.25, -0.2) is 4.79 Å². The lowest BCUT2D eigenvalue weighted by molar-refractivity contribution is -0.384. The minimum Gasteiger partial charge on any atom is -0.461 e. The molecule has 50 heavy (non-hydrogen) atoms. The highest BCUT2D eigenvalue weighted by molar-refractivity contribution is 7.58. The van der Waals surface area contributed by atoms with E-state index in [-0.39, 0.29) is 41.4 Å². The van der Waals surface area contributed by atoms with E-state index in [9.17, 15) is 19.5 Å². The van der Waals surface area contributed by atoms with Crippen molar-refractivity contribution in [2.75, 3.05) is 39.3 Å². The normalized spacial score (nSPS) is 25.0. The van der Waals surface area contributed by atoms with Gasteiger partial charge in [0.1, 0.15) is 6.61 Å². The zero-order valence-electron chi connectivity index (χ0n) is 29.0. The molecule has 3 aliphatic rings. The molecular weight excluding hydrogens is 655 g/mol. The van der Waals surface area contributed by atoms with Crippen LogP contribution < -0.4 is 5.32 Å². The van der Waals surface area contributed by atoms with Crippen LogP contribution in [-0.2, 0) is 23.1 Å². The molecule has 4 atom stereocenters. The molecule has 1 N–H and O–H groups in total. The summed E-state index contributed by atoms with van der Waals surface area (Å²) >= 11 is 0. The van der Waals surface area contributed by atoms with Gasteiger partial charge >= 0.3 is 13.6 Å². The van der Waals surface area contributed by atoms with Gasteiger partial charge in [0.05, 0.1) is 40.0 Å². The molecule has 1 unspecified atom stereocenters. The Labute approximate surface area is 293 Å². The van der Waals surface area contributed by atoms with Gasteiger partial charge in [-0.2, -0.15) is 0 Å². The molecule has 0 spiro atoms. The topological polar surface area (TPSA) is 123 Å². The summed E-state index contributed by atoms with van der Waals surface area (Å²) in [5, 5.41) is 15.2. The van der Waals surface area contributed by atoms with E-state index in [0.29, 0.717) is 29.9 Å². The first-order valence-electron chi connectivity index (χ1n) is 17.2. The van der Waals surface area contributed by atoms with Crippen LogP contribution in [0, 0.1) is 10.1 Å². The molecule has 11 nitrogen and oxygen atoms in total. The van der Waals surface area contributed by atoms with Gasteiger partial charge in [-0.15, -0.1) is 0 Å². The standard InChI is InChI=1S/C38H45N4O7P/c1-26-24-27(2)49-50(46,48-26)37-29(4)39-28(3)34(35(37)32-16-11-17-33(25-32)42(44)45)38(43)47-23-22-40-18-20-41(21-19-40)36(30-12-7-5-8-13-30)31-14-9-6-10-15-31/h5-17,25-27,35-36,39H,18-24H2,1-4H3/t26-,27+,35-,50?/m0/s1. The van der Waals surface area contributed by atoms with Gasteiger partial charge in [0.15, 0.2) is 0 Å². The predicted octanol–water partition coefficient (Wildman–Crippen LogP) is 7.14. The molecule has 2 saturated heterocycles. The molecule has 3 aliphatic heterocycles. The molecule has 0 radical (unpaired) electrons. The van der Waals surface area contributed by atoms with E-state index in [1.54, 1.807) is 26.0 Å². The molecule has 264 valence electrons. The third-order valence-electron chi connectivity index (χ3n) is 9.60. The second-order valence-electron chi connectivity index (χ2n) is 13.3. The smallest absolute Gasteiger partial charge is 0.360 e. The first kappa shape index (κ1) is 35.7. The van der Waals surface area contributed by atoms with E-state index in [1.165, 1.54) is 23.3 Å². The van der Waals surface area contributed by atoms with Crippen molar-refractivity contribution < 1.29 is 28.1 Å². The number of hydrogen-bond donors (Lipinski definition) is 1. The average Bonchev–Trinajstić information content (AvgIpc) is 3.09. The van der Waals surface area contributed by atoms with E-state index in [2.05, 4.69) is 63.6 Å². The minimum atomic E-state index is -3.94. The summed E-state index contributed by atoms with van der Waals surface area (Å²) in [7, 11) is -3.94. The summed E-state index contributed by atoms with van der Waals surface area (Å²) in [5.74, 6) is -1.53. The Morgan fingerprint density at radius 2 is 1.52 bits per heavy atom.